The fraction of sp³-hybridized carbons (Fsp3) is 0.0323. The number of carbonyl (C=O) groups is 1. The summed E-state index contributed by atoms with van der Waals surface area (Å²) >= 11 is 0. The van der Waals surface area contributed by atoms with E-state index in [0.717, 1.165) is 11.1 Å². The number of carbonyl (C=O) groups excluding carboxylic acids is 1. The lowest BCUT2D eigenvalue weighted by molar-refractivity contribution is -0.109. The highest BCUT2D eigenvalue weighted by Gasteiger charge is 2.22. The lowest BCUT2D eigenvalue weighted by atomic mass is 9.93. The molecule has 0 amide bonds. The quantitative estimate of drug-likeness (QED) is 0.160. The van der Waals surface area contributed by atoms with Gasteiger partial charge >= 0.3 is 0 Å². The van der Waals surface area contributed by atoms with E-state index in [1.165, 1.54) is 13.2 Å². The first-order valence-corrected chi connectivity index (χ1v) is 11.2. The van der Waals surface area contributed by atoms with E-state index in [2.05, 4.69) is 0 Å². The zero-order valence-electron chi connectivity index (χ0n) is 19.1. The van der Waals surface area contributed by atoms with Gasteiger partial charge < -0.3 is 9.15 Å². The lowest BCUT2D eigenvalue weighted by Gasteiger charge is -2.14. The molecule has 0 spiro atoms. The van der Waals surface area contributed by atoms with Crippen molar-refractivity contribution in [1.82, 2.24) is 0 Å². The summed E-state index contributed by atoms with van der Waals surface area (Å²) in [5.41, 5.74) is 3.15. The normalized spacial score (nSPS) is 11.9. The Balaban J connectivity index is 1.79. The molecule has 170 valence electrons. The van der Waals surface area contributed by atoms with Gasteiger partial charge in [-0.3, -0.25) is 9.59 Å². The van der Waals surface area contributed by atoms with Gasteiger partial charge in [0.1, 0.15) is 16.9 Å². The minimum Gasteiger partial charge on any atom is -0.496 e. The molecule has 0 saturated carbocycles. The summed E-state index contributed by atoms with van der Waals surface area (Å²) < 4.78 is 11.7. The molecule has 0 atom stereocenters. The van der Waals surface area contributed by atoms with E-state index < -0.39 is 0 Å². The number of ether oxygens (including phenoxy) is 1. The van der Waals surface area contributed by atoms with Crippen molar-refractivity contribution in [2.45, 2.75) is 0 Å². The minimum absolute atomic E-state index is 0.213. The number of ketones is 1. The second kappa shape index (κ2) is 9.65. The van der Waals surface area contributed by atoms with Crippen LogP contribution in [0.15, 0.2) is 112 Å². The Bertz CT molecular complexity index is 1640. The molecular weight excluding hydrogens is 436 g/mol. The SMILES string of the molecule is COc1ccc2oc3ccccc3c(=O)c2c1C(=Cc1ccccc1)C(=O)C=Cc1ccccc1. The zero-order valence-corrected chi connectivity index (χ0v) is 19.1. The van der Waals surface area contributed by atoms with Crippen LogP contribution in [0.5, 0.6) is 5.75 Å². The molecule has 4 aromatic carbocycles. The molecule has 0 aliphatic rings. The second-order valence-corrected chi connectivity index (χ2v) is 8.02. The van der Waals surface area contributed by atoms with E-state index in [1.807, 2.05) is 66.7 Å². The van der Waals surface area contributed by atoms with Crippen LogP contribution in [0.1, 0.15) is 16.7 Å². The van der Waals surface area contributed by atoms with Crippen molar-refractivity contribution >= 4 is 45.4 Å². The summed E-state index contributed by atoms with van der Waals surface area (Å²) in [6.45, 7) is 0. The van der Waals surface area contributed by atoms with Gasteiger partial charge in [0.2, 0.25) is 5.43 Å². The molecule has 35 heavy (non-hydrogen) atoms. The third-order valence-electron chi connectivity index (χ3n) is 5.80. The summed E-state index contributed by atoms with van der Waals surface area (Å²) in [4.78, 5) is 27.3. The summed E-state index contributed by atoms with van der Waals surface area (Å²) in [6, 6.07) is 29.6. The van der Waals surface area contributed by atoms with Crippen LogP contribution in [-0.4, -0.2) is 12.9 Å². The molecule has 1 aromatic heterocycles. The van der Waals surface area contributed by atoms with E-state index in [1.54, 1.807) is 42.5 Å². The molecule has 0 unspecified atom stereocenters. The highest BCUT2D eigenvalue weighted by atomic mass is 16.5. The van der Waals surface area contributed by atoms with Crippen LogP contribution < -0.4 is 10.2 Å². The maximum Gasteiger partial charge on any atom is 0.201 e. The van der Waals surface area contributed by atoms with Crippen LogP contribution in [0, 0.1) is 0 Å². The number of benzene rings is 4. The Labute approximate surface area is 202 Å². The Morgan fingerprint density at radius 3 is 2.14 bits per heavy atom. The second-order valence-electron chi connectivity index (χ2n) is 8.02. The van der Waals surface area contributed by atoms with Crippen molar-refractivity contribution in [2.24, 2.45) is 0 Å². The van der Waals surface area contributed by atoms with Crippen LogP contribution in [0.25, 0.3) is 39.7 Å². The summed E-state index contributed by atoms with van der Waals surface area (Å²) in [7, 11) is 1.53. The molecule has 0 radical (unpaired) electrons. The summed E-state index contributed by atoms with van der Waals surface area (Å²) in [6.07, 6.45) is 5.06. The molecule has 0 fully saturated rings. The Morgan fingerprint density at radius 2 is 1.43 bits per heavy atom. The topological polar surface area (TPSA) is 56.5 Å². The number of hydrogen-bond acceptors (Lipinski definition) is 4. The number of methoxy groups -OCH3 is 1. The van der Waals surface area contributed by atoms with Gasteiger partial charge in [-0.1, -0.05) is 78.9 Å². The number of rotatable bonds is 6. The largest absolute Gasteiger partial charge is 0.496 e. The molecule has 4 heteroatoms. The van der Waals surface area contributed by atoms with Crippen molar-refractivity contribution < 1.29 is 13.9 Å². The molecule has 1 heterocycles. The first kappa shape index (κ1) is 22.1. The van der Waals surface area contributed by atoms with Crippen molar-refractivity contribution in [3.05, 3.63) is 130 Å². The number of para-hydroxylation sites is 1. The van der Waals surface area contributed by atoms with Crippen LogP contribution in [0.2, 0.25) is 0 Å². The predicted molar refractivity (Wildman–Crippen MR) is 141 cm³/mol. The average Bonchev–Trinajstić information content (AvgIpc) is 2.91. The van der Waals surface area contributed by atoms with Crippen molar-refractivity contribution in [3.63, 3.8) is 0 Å². The van der Waals surface area contributed by atoms with Crippen LogP contribution in [-0.2, 0) is 4.79 Å². The summed E-state index contributed by atoms with van der Waals surface area (Å²) in [5, 5.41) is 0.757. The predicted octanol–water partition coefficient (Wildman–Crippen LogP) is 6.78. The van der Waals surface area contributed by atoms with Gasteiger partial charge in [-0.05, 0) is 47.5 Å². The van der Waals surface area contributed by atoms with Gasteiger partial charge in [0, 0.05) is 11.1 Å². The fourth-order valence-corrected chi connectivity index (χ4v) is 4.12. The Kier molecular flexibility index (Phi) is 6.10. The van der Waals surface area contributed by atoms with E-state index in [9.17, 15) is 9.59 Å². The van der Waals surface area contributed by atoms with E-state index in [4.69, 9.17) is 9.15 Å². The molecule has 0 aliphatic heterocycles. The molecule has 5 aromatic rings. The van der Waals surface area contributed by atoms with Gasteiger partial charge in [-0.15, -0.1) is 0 Å². The van der Waals surface area contributed by atoms with Gasteiger partial charge in [-0.2, -0.15) is 0 Å². The fourth-order valence-electron chi connectivity index (χ4n) is 4.12. The van der Waals surface area contributed by atoms with Crippen LogP contribution >= 0.6 is 0 Å². The smallest absolute Gasteiger partial charge is 0.201 e. The maximum absolute atomic E-state index is 13.7. The van der Waals surface area contributed by atoms with Gasteiger partial charge in [0.25, 0.3) is 0 Å². The number of allylic oxidation sites excluding steroid dienone is 2. The molecule has 4 nitrogen and oxygen atoms in total. The number of fused-ring (bicyclic) bond motifs is 2. The Morgan fingerprint density at radius 1 is 0.771 bits per heavy atom. The first-order chi connectivity index (χ1) is 17.2. The average molecular weight is 459 g/mol. The minimum atomic E-state index is -0.254. The van der Waals surface area contributed by atoms with E-state index in [-0.39, 0.29) is 11.2 Å². The van der Waals surface area contributed by atoms with E-state index in [0.29, 0.717) is 38.8 Å². The Hall–Kier alpha value is -4.70. The monoisotopic (exact) mass is 458 g/mol. The van der Waals surface area contributed by atoms with Crippen molar-refractivity contribution in [1.29, 1.82) is 0 Å². The molecule has 0 bridgehead atoms. The lowest BCUT2D eigenvalue weighted by Crippen LogP contribution is -2.09. The molecule has 0 aliphatic carbocycles. The highest BCUT2D eigenvalue weighted by Crippen LogP contribution is 2.35. The maximum atomic E-state index is 13.7. The third-order valence-corrected chi connectivity index (χ3v) is 5.80. The van der Waals surface area contributed by atoms with Crippen molar-refractivity contribution in [3.8, 4) is 5.75 Å². The summed E-state index contributed by atoms with van der Waals surface area (Å²) in [5.74, 6) is 0.166. The van der Waals surface area contributed by atoms with Gasteiger partial charge in [0.05, 0.1) is 17.9 Å². The number of hydrogen-bond donors (Lipinski definition) is 0. The van der Waals surface area contributed by atoms with Crippen LogP contribution in [0.4, 0.5) is 0 Å². The third kappa shape index (κ3) is 4.42. The van der Waals surface area contributed by atoms with E-state index >= 15 is 0 Å². The highest BCUT2D eigenvalue weighted by molar-refractivity contribution is 6.33. The van der Waals surface area contributed by atoms with Crippen molar-refractivity contribution in [2.75, 3.05) is 7.11 Å². The molecule has 0 N–H and O–H groups in total. The zero-order chi connectivity index (χ0) is 24.2. The molecule has 0 saturated heterocycles. The standard InChI is InChI=1S/C31H22O4/c1-34-27-18-19-28-30(31(33)23-14-8-9-15-26(23)35-28)29(27)24(20-22-12-6-3-7-13-22)25(32)17-16-21-10-4-2-5-11-21/h2-20H,1H3. The molecular formula is C31H22O4. The van der Waals surface area contributed by atoms with Gasteiger partial charge in [-0.25, -0.2) is 0 Å². The molecule has 5 rings (SSSR count). The van der Waals surface area contributed by atoms with Gasteiger partial charge in [0.15, 0.2) is 5.78 Å². The first-order valence-electron chi connectivity index (χ1n) is 11.2. The van der Waals surface area contributed by atoms with Crippen LogP contribution in [0.3, 0.4) is 0 Å².